The van der Waals surface area contributed by atoms with Gasteiger partial charge in [-0.1, -0.05) is 56.2 Å². The van der Waals surface area contributed by atoms with Crippen LogP contribution < -0.4 is 9.47 Å². The second kappa shape index (κ2) is 10.6. The van der Waals surface area contributed by atoms with E-state index in [1.807, 2.05) is 0 Å². The lowest BCUT2D eigenvalue weighted by molar-refractivity contribution is -0.200. The van der Waals surface area contributed by atoms with Crippen LogP contribution in [0.5, 0.6) is 11.5 Å². The standard InChI is InChI=1S/C35H48N2O3/c1-3-36(21-10-5-4-7-11-25-12-8-6-9-13-25)28-18-19-35(38)30-23-27-16-17-29(39-2)32-31(27)34(35,33(28)40-32)20-22-37(30)24-26-14-15-26/h6,8-9,12-13,16-17,26,28,30,33,38H,3-5,7,10-11,14-15,18-24H2,1-2H3/t28?,30-,33?,34+,35-/m1/s1. The van der Waals surface area contributed by atoms with Crippen LogP contribution in [-0.2, 0) is 18.3 Å². The van der Waals surface area contributed by atoms with Gasteiger partial charge in [-0.3, -0.25) is 9.80 Å². The van der Waals surface area contributed by atoms with Crippen molar-refractivity contribution in [2.45, 2.75) is 107 Å². The predicted octanol–water partition coefficient (Wildman–Crippen LogP) is 5.75. The first kappa shape index (κ1) is 26.8. The molecule has 2 aromatic rings. The van der Waals surface area contributed by atoms with Crippen LogP contribution in [0, 0.1) is 5.92 Å². The normalized spacial score (nSPS) is 32.1. The minimum Gasteiger partial charge on any atom is -0.493 e. The molecule has 7 rings (SSSR count). The van der Waals surface area contributed by atoms with Crippen LogP contribution in [0.2, 0.25) is 0 Å². The maximum atomic E-state index is 12.8. The monoisotopic (exact) mass is 544 g/mol. The van der Waals surface area contributed by atoms with Crippen LogP contribution in [0.4, 0.5) is 0 Å². The van der Waals surface area contributed by atoms with Crippen molar-refractivity contribution in [3.8, 4) is 11.5 Å². The van der Waals surface area contributed by atoms with Gasteiger partial charge in [0.05, 0.1) is 18.1 Å². The van der Waals surface area contributed by atoms with E-state index in [-0.39, 0.29) is 17.6 Å². The number of methoxy groups -OCH3 is 1. The summed E-state index contributed by atoms with van der Waals surface area (Å²) in [5, 5.41) is 12.8. The molecule has 5 aliphatic rings. The summed E-state index contributed by atoms with van der Waals surface area (Å²) in [6, 6.07) is 15.8. The zero-order valence-corrected chi connectivity index (χ0v) is 24.6. The van der Waals surface area contributed by atoms with Gasteiger partial charge in [-0.05, 0) is 101 Å². The Hall–Kier alpha value is -2.08. The summed E-state index contributed by atoms with van der Waals surface area (Å²) in [7, 11) is 1.75. The summed E-state index contributed by atoms with van der Waals surface area (Å²) in [6.45, 7) is 6.67. The Morgan fingerprint density at radius 2 is 1.85 bits per heavy atom. The zero-order valence-electron chi connectivity index (χ0n) is 24.6. The lowest BCUT2D eigenvalue weighted by Gasteiger charge is -2.65. The number of aryl methyl sites for hydroxylation is 1. The van der Waals surface area contributed by atoms with Crippen molar-refractivity contribution < 1.29 is 14.6 Å². The number of hydrogen-bond donors (Lipinski definition) is 1. The van der Waals surface area contributed by atoms with Crippen molar-refractivity contribution in [2.75, 3.05) is 33.3 Å². The highest BCUT2D eigenvalue weighted by molar-refractivity contribution is 5.63. The molecule has 40 heavy (non-hydrogen) atoms. The van der Waals surface area contributed by atoms with Gasteiger partial charge in [-0.2, -0.15) is 0 Å². The van der Waals surface area contributed by atoms with E-state index in [9.17, 15) is 5.11 Å². The molecule has 3 aliphatic carbocycles. The molecule has 0 aromatic heterocycles. The van der Waals surface area contributed by atoms with E-state index < -0.39 is 5.60 Å². The van der Waals surface area contributed by atoms with Crippen molar-refractivity contribution in [3.63, 3.8) is 0 Å². The van der Waals surface area contributed by atoms with Gasteiger partial charge in [0.15, 0.2) is 11.5 Å². The molecule has 0 amide bonds. The fraction of sp³-hybridized carbons (Fsp3) is 0.657. The van der Waals surface area contributed by atoms with Crippen LogP contribution in [0.15, 0.2) is 42.5 Å². The first-order valence-corrected chi connectivity index (χ1v) is 16.2. The molecular weight excluding hydrogens is 496 g/mol. The highest BCUT2D eigenvalue weighted by Gasteiger charge is 2.73. The van der Waals surface area contributed by atoms with E-state index in [0.29, 0.717) is 6.04 Å². The van der Waals surface area contributed by atoms with Crippen LogP contribution >= 0.6 is 0 Å². The average molecular weight is 545 g/mol. The minimum atomic E-state index is -0.733. The number of aliphatic hydroxyl groups is 1. The van der Waals surface area contributed by atoms with Crippen molar-refractivity contribution >= 4 is 0 Å². The molecule has 216 valence electrons. The van der Waals surface area contributed by atoms with Gasteiger partial charge in [0.1, 0.15) is 6.10 Å². The number of nitrogens with zero attached hydrogens (tertiary/aromatic N) is 2. The molecule has 3 fully saturated rings. The Morgan fingerprint density at radius 1 is 1.02 bits per heavy atom. The van der Waals surface area contributed by atoms with Gasteiger partial charge in [-0.15, -0.1) is 0 Å². The molecule has 2 bridgehead atoms. The number of unbranched alkanes of at least 4 members (excludes halogenated alkanes) is 3. The third-order valence-electron chi connectivity index (χ3n) is 11.3. The number of ether oxygens (including phenoxy) is 2. The number of likely N-dealkylation sites (tertiary alicyclic amines) is 1. The Kier molecular flexibility index (Phi) is 7.13. The molecule has 1 spiro atoms. The SMILES string of the molecule is CCN(CCCCCCc1ccccc1)C1CC[C@@]2(O)[C@H]3Cc4ccc(OC)c5c4[C@@]2(CCN3CC2CC2)C1O5. The molecule has 0 radical (unpaired) electrons. The second-order valence-corrected chi connectivity index (χ2v) is 13.4. The van der Waals surface area contributed by atoms with E-state index in [1.54, 1.807) is 7.11 Å². The molecule has 1 N–H and O–H groups in total. The van der Waals surface area contributed by atoms with Crippen molar-refractivity contribution in [1.82, 2.24) is 9.80 Å². The molecule has 2 aliphatic heterocycles. The predicted molar refractivity (Wildman–Crippen MR) is 159 cm³/mol. The average Bonchev–Trinajstić information content (AvgIpc) is 3.72. The van der Waals surface area contributed by atoms with Gasteiger partial charge >= 0.3 is 0 Å². The van der Waals surface area contributed by atoms with Crippen LogP contribution in [-0.4, -0.2) is 72.0 Å². The van der Waals surface area contributed by atoms with Gasteiger partial charge < -0.3 is 14.6 Å². The minimum absolute atomic E-state index is 0.0137. The Balaban J connectivity index is 1.10. The number of benzene rings is 2. The highest BCUT2D eigenvalue weighted by Crippen LogP contribution is 2.66. The quantitative estimate of drug-likeness (QED) is 0.345. The van der Waals surface area contributed by atoms with Gasteiger partial charge in [0.25, 0.3) is 0 Å². The first-order valence-electron chi connectivity index (χ1n) is 16.2. The summed E-state index contributed by atoms with van der Waals surface area (Å²) in [5.74, 6) is 2.60. The van der Waals surface area contributed by atoms with Crippen LogP contribution in [0.25, 0.3) is 0 Å². The molecule has 2 heterocycles. The number of rotatable bonds is 12. The van der Waals surface area contributed by atoms with Crippen LogP contribution in [0.1, 0.15) is 81.4 Å². The molecule has 2 saturated carbocycles. The maximum Gasteiger partial charge on any atom is 0.165 e. The highest BCUT2D eigenvalue weighted by atomic mass is 16.5. The third-order valence-corrected chi connectivity index (χ3v) is 11.3. The molecule has 5 nitrogen and oxygen atoms in total. The van der Waals surface area contributed by atoms with E-state index >= 15 is 0 Å². The summed E-state index contributed by atoms with van der Waals surface area (Å²) >= 11 is 0. The summed E-state index contributed by atoms with van der Waals surface area (Å²) < 4.78 is 12.9. The summed E-state index contributed by atoms with van der Waals surface area (Å²) in [4.78, 5) is 5.35. The smallest absolute Gasteiger partial charge is 0.165 e. The van der Waals surface area contributed by atoms with Crippen molar-refractivity contribution in [3.05, 3.63) is 59.2 Å². The third kappa shape index (κ3) is 4.22. The largest absolute Gasteiger partial charge is 0.493 e. The number of piperidine rings is 1. The van der Waals surface area contributed by atoms with Gasteiger partial charge in [0.2, 0.25) is 0 Å². The van der Waals surface area contributed by atoms with Gasteiger partial charge in [0, 0.05) is 24.2 Å². The summed E-state index contributed by atoms with van der Waals surface area (Å²) in [5.41, 5.74) is 3.07. The Bertz CT molecular complexity index is 1200. The summed E-state index contributed by atoms with van der Waals surface area (Å²) in [6.07, 6.45) is 12.7. The molecule has 5 atom stereocenters. The molecule has 2 aromatic carbocycles. The van der Waals surface area contributed by atoms with Gasteiger partial charge in [-0.25, -0.2) is 0 Å². The van der Waals surface area contributed by atoms with Crippen molar-refractivity contribution in [1.29, 1.82) is 0 Å². The topological polar surface area (TPSA) is 45.2 Å². The van der Waals surface area contributed by atoms with E-state index in [0.717, 1.165) is 69.3 Å². The fourth-order valence-corrected chi connectivity index (χ4v) is 9.18. The fourth-order valence-electron chi connectivity index (χ4n) is 9.18. The van der Waals surface area contributed by atoms with E-state index in [2.05, 4.69) is 59.2 Å². The maximum absolute atomic E-state index is 12.8. The van der Waals surface area contributed by atoms with E-state index in [4.69, 9.17) is 9.47 Å². The molecule has 1 saturated heterocycles. The number of likely N-dealkylation sites (N-methyl/N-ethyl adjacent to an activating group) is 1. The Morgan fingerprint density at radius 3 is 2.62 bits per heavy atom. The van der Waals surface area contributed by atoms with Crippen molar-refractivity contribution in [2.24, 2.45) is 5.92 Å². The zero-order chi connectivity index (χ0) is 27.3. The first-order chi connectivity index (χ1) is 19.6. The molecule has 5 heteroatoms. The van der Waals surface area contributed by atoms with E-state index in [1.165, 1.54) is 61.6 Å². The number of hydrogen-bond acceptors (Lipinski definition) is 5. The Labute approximate surface area is 240 Å². The molecular formula is C35H48N2O3. The second-order valence-electron chi connectivity index (χ2n) is 13.4. The lowest BCUT2D eigenvalue weighted by atomic mass is 9.48. The molecule has 2 unspecified atom stereocenters. The lowest BCUT2D eigenvalue weighted by Crippen LogP contribution is -2.78. The van der Waals surface area contributed by atoms with Crippen LogP contribution in [0.3, 0.4) is 0 Å².